The van der Waals surface area contributed by atoms with Crippen molar-refractivity contribution < 1.29 is 18.7 Å². The van der Waals surface area contributed by atoms with E-state index in [9.17, 15) is 14.0 Å². The lowest BCUT2D eigenvalue weighted by Gasteiger charge is -2.23. The van der Waals surface area contributed by atoms with E-state index in [1.165, 1.54) is 48.0 Å². The Bertz CT molecular complexity index is 1100. The molecule has 0 unspecified atom stereocenters. The summed E-state index contributed by atoms with van der Waals surface area (Å²) < 4.78 is 20.0. The number of aromatic nitrogens is 2. The van der Waals surface area contributed by atoms with Crippen LogP contribution in [0.1, 0.15) is 31.1 Å². The van der Waals surface area contributed by atoms with Crippen molar-refractivity contribution in [2.24, 2.45) is 0 Å². The van der Waals surface area contributed by atoms with E-state index in [0.29, 0.717) is 16.1 Å². The highest BCUT2D eigenvalue weighted by molar-refractivity contribution is 6.34. The van der Waals surface area contributed by atoms with Gasteiger partial charge in [0, 0.05) is 17.6 Å². The number of hydrogen-bond acceptors (Lipinski definition) is 4. The normalized spacial score (nSPS) is 11.6. The van der Waals surface area contributed by atoms with Crippen molar-refractivity contribution in [2.45, 2.75) is 26.4 Å². The lowest BCUT2D eigenvalue weighted by molar-refractivity contribution is 0.0285. The van der Waals surface area contributed by atoms with E-state index >= 15 is 0 Å². The SMILES string of the molecule is CN(C(=O)OC(C)(C)C)C(=O)c1c(-c2ccc(F)cc2)nn2c(Cl)cc(Cl)cc12. The third kappa shape index (κ3) is 4.36. The number of ether oxygens (including phenoxy) is 1. The zero-order chi connectivity index (χ0) is 21.5. The molecule has 3 rings (SSSR count). The fourth-order valence-corrected chi connectivity index (χ4v) is 3.19. The van der Waals surface area contributed by atoms with Crippen molar-refractivity contribution >= 4 is 40.7 Å². The lowest BCUT2D eigenvalue weighted by Crippen LogP contribution is -2.38. The Kier molecular flexibility index (Phi) is 5.56. The zero-order valence-corrected chi connectivity index (χ0v) is 17.7. The largest absolute Gasteiger partial charge is 0.443 e. The predicted molar refractivity (Wildman–Crippen MR) is 109 cm³/mol. The summed E-state index contributed by atoms with van der Waals surface area (Å²) in [7, 11) is 1.31. The van der Waals surface area contributed by atoms with Gasteiger partial charge in [-0.1, -0.05) is 23.2 Å². The second-order valence-corrected chi connectivity index (χ2v) is 8.19. The molecule has 0 saturated carbocycles. The molecule has 2 aromatic heterocycles. The Labute approximate surface area is 176 Å². The van der Waals surface area contributed by atoms with Crippen molar-refractivity contribution in [3.63, 3.8) is 0 Å². The van der Waals surface area contributed by atoms with Gasteiger partial charge in [0.05, 0.1) is 11.1 Å². The van der Waals surface area contributed by atoms with Gasteiger partial charge in [-0.25, -0.2) is 18.6 Å². The van der Waals surface area contributed by atoms with Gasteiger partial charge < -0.3 is 4.74 Å². The Balaban J connectivity index is 2.18. The first-order valence-electron chi connectivity index (χ1n) is 8.62. The zero-order valence-electron chi connectivity index (χ0n) is 16.2. The number of amides is 2. The monoisotopic (exact) mass is 437 g/mol. The molecule has 0 aliphatic carbocycles. The Morgan fingerprint density at radius 3 is 2.34 bits per heavy atom. The van der Waals surface area contributed by atoms with Gasteiger partial charge in [0.2, 0.25) is 0 Å². The molecule has 2 heterocycles. The van der Waals surface area contributed by atoms with Crippen LogP contribution in [0.5, 0.6) is 0 Å². The summed E-state index contributed by atoms with van der Waals surface area (Å²) in [5.41, 5.74) is 0.327. The highest BCUT2D eigenvalue weighted by Crippen LogP contribution is 2.31. The fourth-order valence-electron chi connectivity index (χ4n) is 2.68. The number of carbonyl (C=O) groups is 2. The average molecular weight is 438 g/mol. The summed E-state index contributed by atoms with van der Waals surface area (Å²) in [6.45, 7) is 5.09. The number of nitrogens with zero attached hydrogens (tertiary/aromatic N) is 3. The third-order valence-corrected chi connectivity index (χ3v) is 4.45. The van der Waals surface area contributed by atoms with Crippen LogP contribution in [0.3, 0.4) is 0 Å². The average Bonchev–Trinajstić information content (AvgIpc) is 2.99. The first-order chi connectivity index (χ1) is 13.5. The molecule has 3 aromatic rings. The molecule has 9 heteroatoms. The summed E-state index contributed by atoms with van der Waals surface area (Å²) in [4.78, 5) is 26.5. The predicted octanol–water partition coefficient (Wildman–Crippen LogP) is 5.45. The van der Waals surface area contributed by atoms with Crippen LogP contribution in [0.2, 0.25) is 10.2 Å². The summed E-state index contributed by atoms with van der Waals surface area (Å²) >= 11 is 12.3. The van der Waals surface area contributed by atoms with E-state index in [4.69, 9.17) is 27.9 Å². The Morgan fingerprint density at radius 1 is 1.14 bits per heavy atom. The molecule has 2 amide bonds. The molecule has 0 aliphatic heterocycles. The van der Waals surface area contributed by atoms with Gasteiger partial charge in [-0.15, -0.1) is 0 Å². The van der Waals surface area contributed by atoms with Crippen LogP contribution in [-0.4, -0.2) is 39.2 Å². The van der Waals surface area contributed by atoms with E-state index in [0.717, 1.165) is 4.90 Å². The summed E-state index contributed by atoms with van der Waals surface area (Å²) in [5, 5.41) is 4.86. The van der Waals surface area contributed by atoms with Crippen LogP contribution >= 0.6 is 23.2 Å². The van der Waals surface area contributed by atoms with Crippen molar-refractivity contribution in [3.8, 4) is 11.3 Å². The Morgan fingerprint density at radius 2 is 1.76 bits per heavy atom. The number of pyridine rings is 1. The van der Waals surface area contributed by atoms with Crippen molar-refractivity contribution in [1.82, 2.24) is 14.5 Å². The second-order valence-electron chi connectivity index (χ2n) is 7.37. The summed E-state index contributed by atoms with van der Waals surface area (Å²) in [5.74, 6) is -1.09. The van der Waals surface area contributed by atoms with E-state index in [1.54, 1.807) is 20.8 Å². The smallest absolute Gasteiger partial charge is 0.417 e. The van der Waals surface area contributed by atoms with Crippen LogP contribution in [0.4, 0.5) is 9.18 Å². The summed E-state index contributed by atoms with van der Waals surface area (Å²) in [6, 6.07) is 8.46. The molecular weight excluding hydrogens is 420 g/mol. The minimum atomic E-state index is -0.819. The molecule has 0 N–H and O–H groups in total. The van der Waals surface area contributed by atoms with Gasteiger partial charge >= 0.3 is 6.09 Å². The highest BCUT2D eigenvalue weighted by atomic mass is 35.5. The van der Waals surface area contributed by atoms with E-state index in [2.05, 4.69) is 5.10 Å². The van der Waals surface area contributed by atoms with Crippen molar-refractivity contribution in [1.29, 1.82) is 0 Å². The van der Waals surface area contributed by atoms with E-state index in [1.807, 2.05) is 0 Å². The molecule has 29 heavy (non-hydrogen) atoms. The lowest BCUT2D eigenvalue weighted by atomic mass is 10.1. The van der Waals surface area contributed by atoms with E-state index in [-0.39, 0.29) is 16.4 Å². The molecule has 0 aliphatic rings. The first-order valence-corrected chi connectivity index (χ1v) is 9.38. The molecule has 0 radical (unpaired) electrons. The fraction of sp³-hybridized carbons (Fsp3) is 0.250. The minimum absolute atomic E-state index is 0.0920. The number of imide groups is 1. The first kappa shape index (κ1) is 21.1. The molecule has 0 fully saturated rings. The van der Waals surface area contributed by atoms with Crippen LogP contribution in [0.25, 0.3) is 16.8 Å². The van der Waals surface area contributed by atoms with Crippen LogP contribution in [0, 0.1) is 5.82 Å². The van der Waals surface area contributed by atoms with Gasteiger partial charge in [0.25, 0.3) is 5.91 Å². The maximum Gasteiger partial charge on any atom is 0.417 e. The Hall–Kier alpha value is -2.64. The quantitative estimate of drug-likeness (QED) is 0.499. The molecule has 152 valence electrons. The van der Waals surface area contributed by atoms with E-state index < -0.39 is 23.4 Å². The van der Waals surface area contributed by atoms with Gasteiger partial charge in [-0.2, -0.15) is 5.10 Å². The molecule has 6 nitrogen and oxygen atoms in total. The molecule has 1 aromatic carbocycles. The molecule has 0 bridgehead atoms. The maximum absolute atomic E-state index is 13.4. The topological polar surface area (TPSA) is 63.9 Å². The number of fused-ring (bicyclic) bond motifs is 1. The minimum Gasteiger partial charge on any atom is -0.443 e. The highest BCUT2D eigenvalue weighted by Gasteiger charge is 2.30. The van der Waals surface area contributed by atoms with Crippen molar-refractivity contribution in [3.05, 3.63) is 58.0 Å². The maximum atomic E-state index is 13.4. The molecular formula is C20H18Cl2FN3O3. The number of benzene rings is 1. The van der Waals surface area contributed by atoms with Crippen molar-refractivity contribution in [2.75, 3.05) is 7.05 Å². The van der Waals surface area contributed by atoms with Crippen LogP contribution < -0.4 is 0 Å². The van der Waals surface area contributed by atoms with Gasteiger partial charge in [0.15, 0.2) is 0 Å². The molecule has 0 spiro atoms. The second kappa shape index (κ2) is 7.65. The van der Waals surface area contributed by atoms with Crippen LogP contribution in [0.15, 0.2) is 36.4 Å². The molecule has 0 saturated heterocycles. The van der Waals surface area contributed by atoms with Gasteiger partial charge in [0.1, 0.15) is 22.3 Å². The van der Waals surface area contributed by atoms with Gasteiger partial charge in [-0.05, 0) is 57.2 Å². The van der Waals surface area contributed by atoms with Crippen LogP contribution in [-0.2, 0) is 4.74 Å². The number of rotatable bonds is 2. The number of hydrogen-bond donors (Lipinski definition) is 0. The number of halogens is 3. The summed E-state index contributed by atoms with van der Waals surface area (Å²) in [6.07, 6.45) is -0.819. The van der Waals surface area contributed by atoms with Gasteiger partial charge in [-0.3, -0.25) is 4.79 Å². The third-order valence-electron chi connectivity index (χ3n) is 3.96. The standard InChI is InChI=1S/C20H18Cl2FN3O3/c1-20(2,3)29-19(28)25(4)18(27)16-14-9-12(21)10-15(22)26(14)24-17(16)11-5-7-13(23)8-6-11/h5-10H,1-4H3. The molecule has 0 atom stereocenters. The number of carbonyl (C=O) groups excluding carboxylic acids is 2.